The zero-order chi connectivity index (χ0) is 59.8. The fourth-order valence-corrected chi connectivity index (χ4v) is 8.03. The van der Waals surface area contributed by atoms with Crippen molar-refractivity contribution in [2.75, 3.05) is 26.2 Å². The van der Waals surface area contributed by atoms with Gasteiger partial charge in [0.1, 0.15) is 54.4 Å². The Labute approximate surface area is 460 Å². The zero-order valence-electron chi connectivity index (χ0n) is 47.8. The summed E-state index contributed by atoms with van der Waals surface area (Å²) in [5, 5.41) is 34.5. The van der Waals surface area contributed by atoms with Gasteiger partial charge in [-0.2, -0.15) is 0 Å². The number of guanidine groups is 1. The average molecular weight is 1110 g/mol. The highest BCUT2D eigenvalue weighted by Gasteiger charge is 2.37. The molecule has 0 radical (unpaired) electrons. The number of amides is 10. The highest BCUT2D eigenvalue weighted by atomic mass is 16.3. The summed E-state index contributed by atoms with van der Waals surface area (Å²) in [6, 6.07) is -11.2. The smallest absolute Gasteiger partial charge is 0.245 e. The predicted molar refractivity (Wildman–Crippen MR) is 297 cm³/mol. The number of carbonyl (C=O) groups excluding carboxylic acids is 10. The molecule has 78 heavy (non-hydrogen) atoms. The number of hydrogen-bond acceptors (Lipinski definition) is 15. The number of hydrogen-bond donors (Lipinski definition) is 16. The van der Waals surface area contributed by atoms with E-state index >= 15 is 0 Å². The first-order chi connectivity index (χ1) is 36.5. The third-order valence-corrected chi connectivity index (χ3v) is 12.6. The minimum absolute atomic E-state index is 0.00414. The summed E-state index contributed by atoms with van der Waals surface area (Å²) in [6.07, 6.45) is 1.29. The van der Waals surface area contributed by atoms with Crippen LogP contribution in [0.4, 0.5) is 0 Å². The fraction of sp³-hybridized carbons (Fsp3) is 0.784. The van der Waals surface area contributed by atoms with Crippen LogP contribution in [0, 0.1) is 23.7 Å². The maximum Gasteiger partial charge on any atom is 0.245 e. The molecule has 0 bridgehead atoms. The van der Waals surface area contributed by atoms with Crippen LogP contribution < -0.4 is 82.3 Å². The van der Waals surface area contributed by atoms with Crippen LogP contribution in [-0.4, -0.2) is 157 Å². The first-order valence-electron chi connectivity index (χ1n) is 27.4. The zero-order valence-corrected chi connectivity index (χ0v) is 47.8. The van der Waals surface area contributed by atoms with Crippen LogP contribution in [0.15, 0.2) is 4.99 Å². The van der Waals surface area contributed by atoms with Crippen LogP contribution in [0.25, 0.3) is 0 Å². The first kappa shape index (κ1) is 71.8. The Hall–Kier alpha value is -6.19. The Morgan fingerprint density at radius 3 is 1.24 bits per heavy atom. The maximum absolute atomic E-state index is 14.4. The number of nitrogens with two attached hydrogens (primary N) is 6. The number of rotatable bonds is 40. The minimum atomic E-state index is -1.63. The van der Waals surface area contributed by atoms with Gasteiger partial charge in [-0.05, 0) is 121 Å². The van der Waals surface area contributed by atoms with Gasteiger partial charge in [0.25, 0.3) is 0 Å². The summed E-state index contributed by atoms with van der Waals surface area (Å²) < 4.78 is 0. The van der Waals surface area contributed by atoms with E-state index in [-0.39, 0.29) is 94.8 Å². The molecule has 11 atom stereocenters. The van der Waals surface area contributed by atoms with Gasteiger partial charge >= 0.3 is 0 Å². The summed E-state index contributed by atoms with van der Waals surface area (Å²) >= 11 is 0. The molecule has 10 amide bonds. The van der Waals surface area contributed by atoms with Gasteiger partial charge in [0, 0.05) is 6.54 Å². The number of nitrogens with zero attached hydrogens (tertiary/aromatic N) is 1. The molecule has 27 nitrogen and oxygen atoms in total. The molecule has 448 valence electrons. The first-order valence-corrected chi connectivity index (χ1v) is 27.4. The second-order valence-corrected chi connectivity index (χ2v) is 21.3. The van der Waals surface area contributed by atoms with E-state index in [4.69, 9.17) is 34.4 Å². The average Bonchev–Trinajstić information content (AvgIpc) is 3.35. The van der Waals surface area contributed by atoms with Gasteiger partial charge < -0.3 is 87.4 Å². The van der Waals surface area contributed by atoms with E-state index < -0.39 is 125 Å². The number of aliphatic imine (C=N–C) groups is 1. The summed E-state index contributed by atoms with van der Waals surface area (Å²) in [6.45, 7) is 17.4. The lowest BCUT2D eigenvalue weighted by molar-refractivity contribution is -0.137. The molecule has 0 aliphatic rings. The van der Waals surface area contributed by atoms with Crippen LogP contribution in [0.3, 0.4) is 0 Å². The van der Waals surface area contributed by atoms with Crippen molar-refractivity contribution < 1.29 is 53.1 Å². The normalized spacial score (nSPS) is 15.6. The lowest BCUT2D eigenvalue weighted by atomic mass is 9.96. The predicted octanol–water partition coefficient (Wildman–Crippen LogP) is -3.31. The molecule has 27 heteroatoms. The van der Waals surface area contributed by atoms with E-state index in [1.54, 1.807) is 13.8 Å². The van der Waals surface area contributed by atoms with Crippen LogP contribution in [0.1, 0.15) is 146 Å². The van der Waals surface area contributed by atoms with E-state index in [0.717, 1.165) is 0 Å². The Balaban J connectivity index is 6.84. The van der Waals surface area contributed by atoms with Gasteiger partial charge in [0.15, 0.2) is 5.96 Å². The standard InChI is InChI=1S/C51H98N16O11/c1-11-30(8)40(49(77)63-34(18-13-15-21-53)46(74)67-41(32(10)68)50(78)65-38(25-29(6)7)48(76)64-36(42(55)70)23-27(2)3)66-45(73)35(19-16-22-58-51(56)57)62-44(72)33(17-12-14-20-52)61-43(71)31(9)59-47(75)37(24-28(4)5)60-39(69)26-54/h27-38,40-41,68H,11-26,52-54H2,1-10H3,(H2,55,70)(H,59,75)(H,60,69)(H,61,71)(H,62,72)(H,63,77)(H,64,76)(H,65,78)(H,66,73)(H,67,74)(H4,56,57,58)/t30-,31-,32+,33-,34-,35-,36-,37-,38-,40-,41-/m0/s1. The molecule has 0 unspecified atom stereocenters. The minimum Gasteiger partial charge on any atom is -0.391 e. The lowest BCUT2D eigenvalue weighted by Gasteiger charge is -2.30. The topological polar surface area (TPSA) is 468 Å². The van der Waals surface area contributed by atoms with Crippen molar-refractivity contribution in [1.82, 2.24) is 47.9 Å². The van der Waals surface area contributed by atoms with Crippen molar-refractivity contribution in [3.05, 3.63) is 0 Å². The SMILES string of the molecule is CC[C@H](C)[C@H](NC(=O)[C@H](CCCN=C(N)N)NC(=O)[C@H](CCCCN)NC(=O)[C@H](C)NC(=O)[C@H](CC(C)C)NC(=O)CN)C(=O)N[C@@H](CCCCN)C(=O)N[C@H](C(=O)N[C@@H](CC(C)C)C(=O)N[C@@H](CC(C)C)C(N)=O)[C@@H](C)O. The van der Waals surface area contributed by atoms with Gasteiger partial charge in [0.05, 0.1) is 12.6 Å². The molecule has 0 aromatic heterocycles. The highest BCUT2D eigenvalue weighted by molar-refractivity contribution is 5.98. The molecule has 0 aromatic rings. The molecule has 0 rings (SSSR count). The Morgan fingerprint density at radius 1 is 0.436 bits per heavy atom. The number of nitrogens with one attached hydrogen (secondary N) is 9. The molecule has 0 saturated carbocycles. The van der Waals surface area contributed by atoms with Gasteiger partial charge in [-0.25, -0.2) is 0 Å². The summed E-state index contributed by atoms with van der Waals surface area (Å²) in [4.78, 5) is 140. The van der Waals surface area contributed by atoms with Gasteiger partial charge in [-0.1, -0.05) is 61.8 Å². The van der Waals surface area contributed by atoms with Crippen molar-refractivity contribution >= 4 is 65.0 Å². The molecule has 0 heterocycles. The van der Waals surface area contributed by atoms with Crippen molar-refractivity contribution in [3.63, 3.8) is 0 Å². The number of aliphatic hydroxyl groups is 1. The molecular weight excluding hydrogens is 1010 g/mol. The molecule has 0 aliphatic heterocycles. The Bertz CT molecular complexity index is 1950. The maximum atomic E-state index is 14.4. The van der Waals surface area contributed by atoms with E-state index in [0.29, 0.717) is 32.1 Å². The largest absolute Gasteiger partial charge is 0.391 e. The summed E-state index contributed by atoms with van der Waals surface area (Å²) in [5.74, 6) is -8.50. The van der Waals surface area contributed by atoms with E-state index in [2.05, 4.69) is 52.8 Å². The van der Waals surface area contributed by atoms with Crippen molar-refractivity contribution in [2.45, 2.75) is 207 Å². The van der Waals surface area contributed by atoms with Gasteiger partial charge in [-0.3, -0.25) is 52.9 Å². The van der Waals surface area contributed by atoms with E-state index in [1.165, 1.54) is 13.8 Å². The van der Waals surface area contributed by atoms with Crippen LogP contribution in [0.2, 0.25) is 0 Å². The monoisotopic (exact) mass is 1110 g/mol. The van der Waals surface area contributed by atoms with Crippen LogP contribution in [0.5, 0.6) is 0 Å². The second-order valence-electron chi connectivity index (χ2n) is 21.3. The van der Waals surface area contributed by atoms with Crippen molar-refractivity contribution in [2.24, 2.45) is 63.1 Å². The van der Waals surface area contributed by atoms with Crippen molar-refractivity contribution in [3.8, 4) is 0 Å². The summed E-state index contributed by atoms with van der Waals surface area (Å²) in [7, 11) is 0. The van der Waals surface area contributed by atoms with E-state index in [1.807, 2.05) is 41.5 Å². The molecule has 0 saturated heterocycles. The van der Waals surface area contributed by atoms with Gasteiger partial charge in [-0.15, -0.1) is 0 Å². The molecule has 0 aliphatic carbocycles. The molecule has 22 N–H and O–H groups in total. The molecular formula is C51H98N16O11. The molecule has 0 spiro atoms. The lowest BCUT2D eigenvalue weighted by Crippen LogP contribution is -2.62. The van der Waals surface area contributed by atoms with Crippen LogP contribution >= 0.6 is 0 Å². The fourth-order valence-electron chi connectivity index (χ4n) is 8.03. The number of primary amides is 1. The highest BCUT2D eigenvalue weighted by Crippen LogP contribution is 2.14. The second kappa shape index (κ2) is 38.4. The Kier molecular flexibility index (Phi) is 35.3. The van der Waals surface area contributed by atoms with Crippen molar-refractivity contribution in [1.29, 1.82) is 0 Å². The molecule has 0 aromatic carbocycles. The Morgan fingerprint density at radius 2 is 0.808 bits per heavy atom. The van der Waals surface area contributed by atoms with E-state index in [9.17, 15) is 53.1 Å². The third kappa shape index (κ3) is 29.0. The quantitative estimate of drug-likeness (QED) is 0.0162. The molecule has 0 fully saturated rings. The number of aliphatic hydroxyl groups excluding tert-OH is 1. The van der Waals surface area contributed by atoms with Crippen LogP contribution in [-0.2, 0) is 47.9 Å². The number of carbonyl (C=O) groups is 10. The third-order valence-electron chi connectivity index (χ3n) is 12.6. The number of unbranched alkanes of at least 4 members (excludes halogenated alkanes) is 2. The van der Waals surface area contributed by atoms with Gasteiger partial charge in [0.2, 0.25) is 59.1 Å². The summed E-state index contributed by atoms with van der Waals surface area (Å²) in [5.41, 5.74) is 33.6.